The van der Waals surface area contributed by atoms with Crippen molar-refractivity contribution < 1.29 is 23.6 Å². The molecule has 10 heteroatoms. The van der Waals surface area contributed by atoms with E-state index in [4.69, 9.17) is 0 Å². The van der Waals surface area contributed by atoms with Crippen LogP contribution in [0.25, 0.3) is 0 Å². The lowest BCUT2D eigenvalue weighted by Gasteiger charge is -2.42. The van der Waals surface area contributed by atoms with Gasteiger partial charge in [0.2, 0.25) is 0 Å². The fourth-order valence-corrected chi connectivity index (χ4v) is 2.26. The Kier molecular flexibility index (Phi) is 6.45. The van der Waals surface area contributed by atoms with Crippen LogP contribution >= 0.6 is 0 Å². The summed E-state index contributed by atoms with van der Waals surface area (Å²) >= 11 is 0. The topological polar surface area (TPSA) is 96.3 Å². The standard InChI is InChI=1S/C13H18F3N3O4/c1-3-5-17(6-4-2)12-10(18(20)21)7-9(13(14,15)16)8-11(12)19(22)23/h7-8,20-21H,3-6H2,1-2H3/q-2. The van der Waals surface area contributed by atoms with Crippen molar-refractivity contribution in [3.8, 4) is 0 Å². The van der Waals surface area contributed by atoms with Crippen molar-refractivity contribution in [3.63, 3.8) is 0 Å². The molecule has 0 fully saturated rings. The SMILES string of the molecule is CCCN(CCC)c1c(N([O-])[O-])cc(C(F)(F)F)cc1N(O)O. The summed E-state index contributed by atoms with van der Waals surface area (Å²) in [6.45, 7) is 4.24. The average molecular weight is 337 g/mol. The molecule has 0 amide bonds. The molecule has 1 aromatic rings. The van der Waals surface area contributed by atoms with Crippen molar-refractivity contribution >= 4 is 17.1 Å². The summed E-state index contributed by atoms with van der Waals surface area (Å²) in [6.07, 6.45) is -3.70. The largest absolute Gasteiger partial charge is 0.769 e. The summed E-state index contributed by atoms with van der Waals surface area (Å²) in [5, 5.41) is 39.5. The summed E-state index contributed by atoms with van der Waals surface area (Å²) in [5.74, 6) is 0. The van der Waals surface area contributed by atoms with Crippen LogP contribution in [0.4, 0.5) is 30.2 Å². The van der Waals surface area contributed by atoms with Crippen molar-refractivity contribution in [2.24, 2.45) is 0 Å². The van der Waals surface area contributed by atoms with Gasteiger partial charge in [0.25, 0.3) is 0 Å². The molecule has 0 atom stereocenters. The van der Waals surface area contributed by atoms with Gasteiger partial charge in [0, 0.05) is 18.8 Å². The van der Waals surface area contributed by atoms with Crippen LogP contribution in [-0.4, -0.2) is 23.5 Å². The lowest BCUT2D eigenvalue weighted by Crippen LogP contribution is -2.29. The molecule has 0 saturated heterocycles. The Morgan fingerprint density at radius 2 is 1.48 bits per heavy atom. The fourth-order valence-electron chi connectivity index (χ4n) is 2.26. The van der Waals surface area contributed by atoms with Crippen LogP contribution in [0.2, 0.25) is 0 Å². The quantitative estimate of drug-likeness (QED) is 0.732. The van der Waals surface area contributed by atoms with Crippen molar-refractivity contribution in [1.29, 1.82) is 0 Å². The predicted octanol–water partition coefficient (Wildman–Crippen LogP) is 3.72. The van der Waals surface area contributed by atoms with Crippen LogP contribution in [0, 0.1) is 10.4 Å². The highest BCUT2D eigenvalue weighted by Gasteiger charge is 2.33. The first kappa shape index (κ1) is 19.3. The van der Waals surface area contributed by atoms with Gasteiger partial charge < -0.3 is 20.5 Å². The van der Waals surface area contributed by atoms with Gasteiger partial charge >= 0.3 is 6.18 Å². The first-order chi connectivity index (χ1) is 10.6. The van der Waals surface area contributed by atoms with Gasteiger partial charge in [-0.2, -0.15) is 13.2 Å². The molecule has 0 aromatic heterocycles. The zero-order chi connectivity index (χ0) is 17.8. The zero-order valence-electron chi connectivity index (χ0n) is 12.7. The second-order valence-electron chi connectivity index (χ2n) is 4.89. The van der Waals surface area contributed by atoms with Crippen LogP contribution in [0.5, 0.6) is 0 Å². The predicted molar refractivity (Wildman–Crippen MR) is 79.5 cm³/mol. The summed E-state index contributed by atoms with van der Waals surface area (Å²) in [6, 6.07) is 0.876. The summed E-state index contributed by atoms with van der Waals surface area (Å²) in [4.78, 5) is 1.47. The lowest BCUT2D eigenvalue weighted by atomic mass is 10.1. The first-order valence-corrected chi connectivity index (χ1v) is 6.95. The maximum absolute atomic E-state index is 12.9. The second kappa shape index (κ2) is 7.68. The van der Waals surface area contributed by atoms with Crippen LogP contribution < -0.4 is 15.4 Å². The minimum absolute atomic E-state index is 0.253. The Labute approximate surface area is 131 Å². The number of benzene rings is 1. The highest BCUT2D eigenvalue weighted by Crippen LogP contribution is 2.43. The van der Waals surface area contributed by atoms with E-state index in [1.165, 1.54) is 4.90 Å². The third-order valence-corrected chi connectivity index (χ3v) is 3.11. The second-order valence-corrected chi connectivity index (χ2v) is 4.89. The van der Waals surface area contributed by atoms with Crippen LogP contribution in [0.3, 0.4) is 0 Å². The molecule has 7 nitrogen and oxygen atoms in total. The van der Waals surface area contributed by atoms with Gasteiger partial charge in [0.1, 0.15) is 5.69 Å². The minimum Gasteiger partial charge on any atom is -0.769 e. The van der Waals surface area contributed by atoms with Gasteiger partial charge in [-0.15, -0.1) is 5.23 Å². The molecule has 0 unspecified atom stereocenters. The Balaban J connectivity index is 3.63. The molecule has 2 N–H and O–H groups in total. The number of alkyl halides is 3. The van der Waals surface area contributed by atoms with Crippen LogP contribution in [-0.2, 0) is 6.18 Å². The van der Waals surface area contributed by atoms with Gasteiger partial charge in [0.15, 0.2) is 0 Å². The molecule has 1 rings (SSSR count). The summed E-state index contributed by atoms with van der Waals surface area (Å²) < 4.78 is 38.7. The van der Waals surface area contributed by atoms with Crippen LogP contribution in [0.15, 0.2) is 12.1 Å². The van der Waals surface area contributed by atoms with Crippen molar-refractivity contribution in [1.82, 2.24) is 0 Å². The van der Waals surface area contributed by atoms with Gasteiger partial charge in [-0.05, 0) is 25.0 Å². The van der Waals surface area contributed by atoms with E-state index in [2.05, 4.69) is 0 Å². The van der Waals surface area contributed by atoms with Gasteiger partial charge in [-0.25, -0.2) is 0 Å². The maximum atomic E-state index is 12.9. The van der Waals surface area contributed by atoms with E-state index < -0.39 is 33.6 Å². The van der Waals surface area contributed by atoms with E-state index in [1.807, 2.05) is 0 Å². The molecule has 0 saturated carbocycles. The Hall–Kier alpha value is -1.75. The van der Waals surface area contributed by atoms with E-state index in [1.54, 1.807) is 13.8 Å². The molecule has 0 heterocycles. The van der Waals surface area contributed by atoms with Gasteiger partial charge in [-0.3, -0.25) is 10.4 Å². The number of halogens is 3. The molecule has 1 aromatic carbocycles. The maximum Gasteiger partial charge on any atom is 0.416 e. The third-order valence-electron chi connectivity index (χ3n) is 3.11. The van der Waals surface area contributed by atoms with Crippen LogP contribution in [0.1, 0.15) is 32.3 Å². The van der Waals surface area contributed by atoms with Crippen molar-refractivity contribution in [2.75, 3.05) is 28.4 Å². The highest BCUT2D eigenvalue weighted by atomic mass is 19.4. The molecular weight excluding hydrogens is 319 g/mol. The average Bonchev–Trinajstić information content (AvgIpc) is 2.44. The van der Waals surface area contributed by atoms with Gasteiger partial charge in [0.05, 0.1) is 11.3 Å². The van der Waals surface area contributed by atoms with E-state index in [0.717, 1.165) is 0 Å². The number of hydrogen-bond donors (Lipinski definition) is 2. The number of nitrogens with zero attached hydrogens (tertiary/aromatic N) is 3. The Morgan fingerprint density at radius 1 is 1.00 bits per heavy atom. The van der Waals surface area contributed by atoms with Gasteiger partial charge in [-0.1, -0.05) is 13.8 Å². The van der Waals surface area contributed by atoms with E-state index in [-0.39, 0.29) is 5.69 Å². The molecule has 132 valence electrons. The lowest BCUT2D eigenvalue weighted by molar-refractivity contribution is -0.137. The molecule has 0 radical (unpaired) electrons. The molecule has 0 aliphatic heterocycles. The molecule has 0 aliphatic rings. The molecule has 0 spiro atoms. The third kappa shape index (κ3) is 4.61. The monoisotopic (exact) mass is 337 g/mol. The van der Waals surface area contributed by atoms with Crippen molar-refractivity contribution in [2.45, 2.75) is 32.9 Å². The van der Waals surface area contributed by atoms with E-state index in [0.29, 0.717) is 38.1 Å². The molecule has 0 aliphatic carbocycles. The smallest absolute Gasteiger partial charge is 0.416 e. The summed E-state index contributed by atoms with van der Waals surface area (Å²) in [5.41, 5.74) is -3.10. The normalized spacial score (nSPS) is 11.5. The number of anilines is 3. The molecule has 23 heavy (non-hydrogen) atoms. The number of rotatable bonds is 7. The summed E-state index contributed by atoms with van der Waals surface area (Å²) in [7, 11) is 0. The molecular formula is C13H18F3N3O4-2. The van der Waals surface area contributed by atoms with Crippen molar-refractivity contribution in [3.05, 3.63) is 28.1 Å². The molecule has 0 bridgehead atoms. The fraction of sp³-hybridized carbons (Fsp3) is 0.538. The van der Waals surface area contributed by atoms with E-state index >= 15 is 0 Å². The first-order valence-electron chi connectivity index (χ1n) is 6.95. The minimum atomic E-state index is -4.85. The Bertz CT molecular complexity index is 489. The Morgan fingerprint density at radius 3 is 1.83 bits per heavy atom. The number of hydrogen-bond acceptors (Lipinski definition) is 7. The highest BCUT2D eigenvalue weighted by molar-refractivity contribution is 5.85. The zero-order valence-corrected chi connectivity index (χ0v) is 12.7. The van der Waals surface area contributed by atoms with E-state index in [9.17, 15) is 34.0 Å².